The fraction of sp³-hybridized carbons (Fsp3) is 0.500. The third kappa shape index (κ3) is 5.17. The number of carbonyl (C=O) groups excluding carboxylic acids is 1. The Balaban J connectivity index is 2.68. The summed E-state index contributed by atoms with van der Waals surface area (Å²) in [5, 5.41) is 0. The molecule has 0 aliphatic rings. The topological polar surface area (TPSA) is 89.6 Å². The van der Waals surface area contributed by atoms with E-state index in [0.717, 1.165) is 5.56 Å². The standard InChI is InChI=1S/C14H22NO4P/c1-10(2)14(16)13(15)8-11-4-6-12(7-5-11)9-20(17,18)19-3/h4-7,10,13H,8-9,15H2,1-3H3,(H,17,18)/t13-/m0/s1. The largest absolute Gasteiger partial charge is 0.332 e. The van der Waals surface area contributed by atoms with Crippen LogP contribution >= 0.6 is 7.60 Å². The molecule has 0 spiro atoms. The van der Waals surface area contributed by atoms with Crippen LogP contribution in [0, 0.1) is 5.92 Å². The monoisotopic (exact) mass is 299 g/mol. The number of carbonyl (C=O) groups is 1. The zero-order valence-electron chi connectivity index (χ0n) is 12.1. The van der Waals surface area contributed by atoms with Crippen molar-refractivity contribution in [3.63, 3.8) is 0 Å². The first-order valence-corrected chi connectivity index (χ1v) is 8.26. The number of benzene rings is 1. The van der Waals surface area contributed by atoms with Crippen LogP contribution in [0.15, 0.2) is 24.3 Å². The van der Waals surface area contributed by atoms with Crippen molar-refractivity contribution in [1.29, 1.82) is 0 Å². The van der Waals surface area contributed by atoms with Gasteiger partial charge in [0.25, 0.3) is 0 Å². The number of ketones is 1. The Labute approximate surface area is 119 Å². The average Bonchev–Trinajstić information content (AvgIpc) is 2.39. The number of rotatable bonds is 7. The maximum Gasteiger partial charge on any atom is 0.332 e. The van der Waals surface area contributed by atoms with Gasteiger partial charge in [0.2, 0.25) is 0 Å². The lowest BCUT2D eigenvalue weighted by Gasteiger charge is -2.13. The second-order valence-electron chi connectivity index (χ2n) is 5.16. The molecule has 2 atom stereocenters. The molecule has 0 saturated carbocycles. The summed E-state index contributed by atoms with van der Waals surface area (Å²) in [7, 11) is -2.33. The van der Waals surface area contributed by atoms with Crippen molar-refractivity contribution >= 4 is 13.4 Å². The van der Waals surface area contributed by atoms with Crippen LogP contribution in [0.3, 0.4) is 0 Å². The van der Waals surface area contributed by atoms with Gasteiger partial charge in [-0.2, -0.15) is 0 Å². The molecular formula is C14H22NO4P. The van der Waals surface area contributed by atoms with Gasteiger partial charge in [-0.15, -0.1) is 0 Å². The van der Waals surface area contributed by atoms with E-state index in [9.17, 15) is 14.3 Å². The van der Waals surface area contributed by atoms with E-state index in [4.69, 9.17) is 5.73 Å². The minimum Gasteiger partial charge on any atom is -0.324 e. The first kappa shape index (κ1) is 17.1. The van der Waals surface area contributed by atoms with E-state index >= 15 is 0 Å². The lowest BCUT2D eigenvalue weighted by Crippen LogP contribution is -2.35. The number of Topliss-reactive ketones (excluding diaryl/α,β-unsaturated/α-hetero) is 1. The van der Waals surface area contributed by atoms with Crippen LogP contribution in [0.25, 0.3) is 0 Å². The predicted molar refractivity (Wildman–Crippen MR) is 78.5 cm³/mol. The Morgan fingerprint density at radius 2 is 1.80 bits per heavy atom. The molecule has 112 valence electrons. The molecule has 5 nitrogen and oxygen atoms in total. The molecular weight excluding hydrogens is 277 g/mol. The van der Waals surface area contributed by atoms with Crippen molar-refractivity contribution in [2.45, 2.75) is 32.5 Å². The van der Waals surface area contributed by atoms with Crippen LogP contribution < -0.4 is 5.73 Å². The Bertz CT molecular complexity index is 498. The molecule has 3 N–H and O–H groups in total. The molecule has 20 heavy (non-hydrogen) atoms. The Morgan fingerprint density at radius 1 is 1.30 bits per heavy atom. The van der Waals surface area contributed by atoms with Crippen molar-refractivity contribution < 1.29 is 18.8 Å². The first-order valence-electron chi connectivity index (χ1n) is 6.50. The van der Waals surface area contributed by atoms with Crippen LogP contribution in [-0.4, -0.2) is 23.8 Å². The average molecular weight is 299 g/mol. The van der Waals surface area contributed by atoms with Gasteiger partial charge in [-0.1, -0.05) is 38.1 Å². The van der Waals surface area contributed by atoms with Gasteiger partial charge in [0, 0.05) is 13.0 Å². The SMILES string of the molecule is COP(=O)(O)Cc1ccc(C[C@H](N)C(=O)C(C)C)cc1. The van der Waals surface area contributed by atoms with Crippen molar-refractivity contribution in [2.75, 3.05) is 7.11 Å². The summed E-state index contributed by atoms with van der Waals surface area (Å²) in [5.41, 5.74) is 7.50. The molecule has 0 aliphatic heterocycles. The van der Waals surface area contributed by atoms with Gasteiger partial charge in [0.05, 0.1) is 12.2 Å². The van der Waals surface area contributed by atoms with E-state index in [1.54, 1.807) is 12.1 Å². The normalized spacial score (nSPS) is 15.9. The lowest BCUT2D eigenvalue weighted by molar-refractivity contribution is -0.123. The first-order chi connectivity index (χ1) is 9.25. The van der Waals surface area contributed by atoms with Crippen LogP contribution in [0.2, 0.25) is 0 Å². The number of hydrogen-bond acceptors (Lipinski definition) is 4. The predicted octanol–water partition coefficient (Wildman–Crippen LogP) is 2.11. The van der Waals surface area contributed by atoms with Crippen molar-refractivity contribution in [1.82, 2.24) is 0 Å². The van der Waals surface area contributed by atoms with E-state index in [1.165, 1.54) is 7.11 Å². The van der Waals surface area contributed by atoms with Crippen molar-refractivity contribution in [2.24, 2.45) is 11.7 Å². The number of hydrogen-bond donors (Lipinski definition) is 2. The van der Waals surface area contributed by atoms with Gasteiger partial charge in [-0.3, -0.25) is 9.36 Å². The molecule has 1 aromatic carbocycles. The highest BCUT2D eigenvalue weighted by Gasteiger charge is 2.19. The fourth-order valence-corrected chi connectivity index (χ4v) is 2.66. The summed E-state index contributed by atoms with van der Waals surface area (Å²) < 4.78 is 16.0. The maximum absolute atomic E-state index is 11.7. The summed E-state index contributed by atoms with van der Waals surface area (Å²) in [4.78, 5) is 21.1. The minimum absolute atomic E-state index is 0.0270. The van der Waals surface area contributed by atoms with Crippen LogP contribution in [-0.2, 0) is 26.5 Å². The van der Waals surface area contributed by atoms with Gasteiger partial charge in [0.1, 0.15) is 0 Å². The second-order valence-corrected chi connectivity index (χ2v) is 7.12. The van der Waals surface area contributed by atoms with Crippen LogP contribution in [0.5, 0.6) is 0 Å². The Hall–Kier alpha value is -1.00. The molecule has 0 aromatic heterocycles. The van der Waals surface area contributed by atoms with Crippen LogP contribution in [0.4, 0.5) is 0 Å². The highest BCUT2D eigenvalue weighted by molar-refractivity contribution is 7.51. The highest BCUT2D eigenvalue weighted by Crippen LogP contribution is 2.44. The molecule has 6 heteroatoms. The van der Waals surface area contributed by atoms with E-state index < -0.39 is 13.6 Å². The molecule has 0 bridgehead atoms. The van der Waals surface area contributed by atoms with E-state index in [2.05, 4.69) is 4.52 Å². The zero-order chi connectivity index (χ0) is 15.3. The third-order valence-corrected chi connectivity index (χ3v) is 4.42. The van der Waals surface area contributed by atoms with E-state index in [1.807, 2.05) is 26.0 Å². The van der Waals surface area contributed by atoms with Crippen molar-refractivity contribution in [3.8, 4) is 0 Å². The summed E-state index contributed by atoms with van der Waals surface area (Å²) in [6.07, 6.45) is 0.444. The molecule has 0 fully saturated rings. The summed E-state index contributed by atoms with van der Waals surface area (Å²) in [5.74, 6) is -0.0421. The molecule has 1 unspecified atom stereocenters. The van der Waals surface area contributed by atoms with Crippen molar-refractivity contribution in [3.05, 3.63) is 35.4 Å². The Morgan fingerprint density at radius 3 is 2.25 bits per heavy atom. The number of nitrogens with two attached hydrogens (primary N) is 1. The van der Waals surface area contributed by atoms with Gasteiger partial charge < -0.3 is 15.2 Å². The smallest absolute Gasteiger partial charge is 0.324 e. The molecule has 0 amide bonds. The molecule has 0 heterocycles. The van der Waals surface area contributed by atoms with Gasteiger partial charge in [0.15, 0.2) is 5.78 Å². The quantitative estimate of drug-likeness (QED) is 0.753. The van der Waals surface area contributed by atoms with E-state index in [-0.39, 0.29) is 17.9 Å². The summed E-state index contributed by atoms with van der Waals surface area (Å²) in [6, 6.07) is 6.63. The van der Waals surface area contributed by atoms with Crippen LogP contribution in [0.1, 0.15) is 25.0 Å². The Kier molecular flexibility index (Phi) is 6.08. The molecule has 0 aliphatic carbocycles. The summed E-state index contributed by atoms with van der Waals surface area (Å²) >= 11 is 0. The van der Waals surface area contributed by atoms with Gasteiger partial charge in [-0.25, -0.2) is 0 Å². The second kappa shape index (κ2) is 7.14. The van der Waals surface area contributed by atoms with E-state index in [0.29, 0.717) is 12.0 Å². The zero-order valence-corrected chi connectivity index (χ0v) is 13.0. The van der Waals surface area contributed by atoms with Gasteiger partial charge in [-0.05, 0) is 17.5 Å². The molecule has 0 saturated heterocycles. The third-order valence-electron chi connectivity index (χ3n) is 3.08. The summed E-state index contributed by atoms with van der Waals surface area (Å²) in [6.45, 7) is 3.66. The minimum atomic E-state index is -3.55. The fourth-order valence-electron chi connectivity index (χ4n) is 1.86. The molecule has 1 rings (SSSR count). The highest BCUT2D eigenvalue weighted by atomic mass is 31.2. The molecule has 1 aromatic rings. The lowest BCUT2D eigenvalue weighted by atomic mass is 9.96. The van der Waals surface area contributed by atoms with Gasteiger partial charge >= 0.3 is 7.60 Å². The maximum atomic E-state index is 11.7. The molecule has 0 radical (unpaired) electrons.